The number of nitrogens with zero attached hydrogens (tertiary/aromatic N) is 3. The quantitative estimate of drug-likeness (QED) is 0.550. The molecule has 3 aliphatic rings. The van der Waals surface area contributed by atoms with E-state index in [0.717, 1.165) is 74.1 Å². The molecule has 2 aliphatic heterocycles. The Kier molecular flexibility index (Phi) is 6.53. The molecule has 0 bridgehead atoms. The Morgan fingerprint density at radius 1 is 1.21 bits per heavy atom. The van der Waals surface area contributed by atoms with Gasteiger partial charge < -0.3 is 20.3 Å². The van der Waals surface area contributed by atoms with Crippen molar-refractivity contribution in [3.05, 3.63) is 72.9 Å². The molecular formula is C27H35N5O. The Balaban J connectivity index is 1.34. The molecule has 3 heterocycles. The highest BCUT2D eigenvalue weighted by Gasteiger charge is 2.24. The number of benzene rings is 1. The maximum atomic E-state index is 5.98. The molecule has 2 aromatic rings. The summed E-state index contributed by atoms with van der Waals surface area (Å²) in [6, 6.07) is 10.6. The molecule has 1 saturated carbocycles. The summed E-state index contributed by atoms with van der Waals surface area (Å²) < 4.78 is 8.01. The fourth-order valence-corrected chi connectivity index (χ4v) is 4.70. The maximum Gasteiger partial charge on any atom is 0.150 e. The summed E-state index contributed by atoms with van der Waals surface area (Å²) in [5.41, 5.74) is 6.74. The first-order chi connectivity index (χ1) is 16.2. The smallest absolute Gasteiger partial charge is 0.150 e. The van der Waals surface area contributed by atoms with Gasteiger partial charge in [-0.3, -0.25) is 0 Å². The molecule has 0 radical (unpaired) electrons. The number of aromatic nitrogens is 2. The van der Waals surface area contributed by atoms with Crippen molar-refractivity contribution < 1.29 is 4.74 Å². The lowest BCUT2D eigenvalue weighted by Gasteiger charge is -2.31. The zero-order valence-electron chi connectivity index (χ0n) is 19.4. The van der Waals surface area contributed by atoms with Crippen LogP contribution in [0, 0.1) is 5.92 Å². The molecule has 2 fully saturated rings. The highest BCUT2D eigenvalue weighted by atomic mass is 16.5. The van der Waals surface area contributed by atoms with E-state index in [2.05, 4.69) is 64.1 Å². The van der Waals surface area contributed by atoms with Crippen LogP contribution in [0.4, 0.5) is 5.69 Å². The van der Waals surface area contributed by atoms with Crippen molar-refractivity contribution in [1.29, 1.82) is 0 Å². The minimum atomic E-state index is 0.0210. The molecule has 1 unspecified atom stereocenters. The van der Waals surface area contributed by atoms with E-state index in [-0.39, 0.29) is 6.23 Å². The first-order valence-electron chi connectivity index (χ1n) is 12.3. The van der Waals surface area contributed by atoms with Gasteiger partial charge in [0.15, 0.2) is 6.23 Å². The molecule has 174 valence electrons. The van der Waals surface area contributed by atoms with Crippen LogP contribution in [-0.4, -0.2) is 40.9 Å². The molecule has 1 saturated heterocycles. The van der Waals surface area contributed by atoms with Crippen molar-refractivity contribution in [3.8, 4) is 11.3 Å². The Morgan fingerprint density at radius 2 is 2.12 bits per heavy atom. The van der Waals surface area contributed by atoms with Crippen LogP contribution in [0.5, 0.6) is 0 Å². The van der Waals surface area contributed by atoms with Gasteiger partial charge in [0.1, 0.15) is 0 Å². The largest absolute Gasteiger partial charge is 0.388 e. The van der Waals surface area contributed by atoms with Crippen LogP contribution < -0.4 is 10.6 Å². The Bertz CT molecular complexity index is 1030. The number of nitrogens with one attached hydrogen (secondary N) is 2. The van der Waals surface area contributed by atoms with E-state index < -0.39 is 0 Å². The first kappa shape index (κ1) is 21.8. The predicted octanol–water partition coefficient (Wildman–Crippen LogP) is 5.28. The van der Waals surface area contributed by atoms with E-state index in [9.17, 15) is 0 Å². The second-order valence-electron chi connectivity index (χ2n) is 9.35. The van der Waals surface area contributed by atoms with Crippen LogP contribution in [0.1, 0.15) is 44.8 Å². The molecule has 1 aromatic carbocycles. The average molecular weight is 446 g/mol. The normalized spacial score (nSPS) is 21.1. The van der Waals surface area contributed by atoms with Gasteiger partial charge in [0.25, 0.3) is 0 Å². The number of ether oxygens (including phenoxy) is 1. The standard InChI is InChI=1S/C27H35N5O/c1-3-31-15-13-25(28-18-21-10-11-21)24(19-31)20(2)30-23-8-6-7-22(17-23)26-12-14-29-32(26)27-9-4-5-16-33-27/h3,6-8,12,14,17,21,27-28,30H,1-2,4-5,9-11,13,15-16,18-19H2. The van der Waals surface area contributed by atoms with Gasteiger partial charge in [-0.1, -0.05) is 25.3 Å². The Morgan fingerprint density at radius 3 is 2.91 bits per heavy atom. The van der Waals surface area contributed by atoms with E-state index in [1.807, 2.05) is 17.1 Å². The summed E-state index contributed by atoms with van der Waals surface area (Å²) in [4.78, 5) is 2.25. The van der Waals surface area contributed by atoms with E-state index >= 15 is 0 Å². The first-order valence-corrected chi connectivity index (χ1v) is 12.3. The lowest BCUT2D eigenvalue weighted by Crippen LogP contribution is -2.33. The fourth-order valence-electron chi connectivity index (χ4n) is 4.70. The highest BCUT2D eigenvalue weighted by Crippen LogP contribution is 2.31. The van der Waals surface area contributed by atoms with Gasteiger partial charge in [0.05, 0.1) is 5.69 Å². The zero-order valence-corrected chi connectivity index (χ0v) is 19.4. The number of rotatable bonds is 9. The van der Waals surface area contributed by atoms with Crippen LogP contribution in [0.15, 0.2) is 72.9 Å². The lowest BCUT2D eigenvalue weighted by molar-refractivity contribution is -0.0383. The minimum Gasteiger partial charge on any atom is -0.388 e. The number of hydrogen-bond donors (Lipinski definition) is 2. The van der Waals surface area contributed by atoms with Crippen molar-refractivity contribution in [2.24, 2.45) is 5.92 Å². The summed E-state index contributed by atoms with van der Waals surface area (Å²) in [6.45, 7) is 12.1. The topological polar surface area (TPSA) is 54.3 Å². The SMILES string of the molecule is C=CN1CCC(NCC2CC2)=C(C(=C)Nc2cccc(-c3ccnn3C3CCCCO3)c2)C1. The van der Waals surface area contributed by atoms with E-state index in [1.165, 1.54) is 30.5 Å². The van der Waals surface area contributed by atoms with Gasteiger partial charge in [-0.25, -0.2) is 4.68 Å². The van der Waals surface area contributed by atoms with Gasteiger partial charge in [-0.05, 0) is 62.4 Å². The summed E-state index contributed by atoms with van der Waals surface area (Å²) in [7, 11) is 0. The minimum absolute atomic E-state index is 0.0210. The number of hydrogen-bond acceptors (Lipinski definition) is 5. The highest BCUT2D eigenvalue weighted by molar-refractivity contribution is 5.67. The maximum absolute atomic E-state index is 5.98. The molecule has 1 atom stereocenters. The van der Waals surface area contributed by atoms with Gasteiger partial charge in [0.2, 0.25) is 0 Å². The summed E-state index contributed by atoms with van der Waals surface area (Å²) >= 11 is 0. The molecule has 1 aliphatic carbocycles. The monoisotopic (exact) mass is 445 g/mol. The molecule has 33 heavy (non-hydrogen) atoms. The molecular weight excluding hydrogens is 410 g/mol. The molecule has 6 nitrogen and oxygen atoms in total. The van der Waals surface area contributed by atoms with E-state index in [1.54, 1.807) is 0 Å². The van der Waals surface area contributed by atoms with Crippen LogP contribution in [-0.2, 0) is 4.74 Å². The molecule has 1 aromatic heterocycles. The third-order valence-corrected chi connectivity index (χ3v) is 6.85. The van der Waals surface area contributed by atoms with E-state index in [4.69, 9.17) is 4.74 Å². The Labute approximate surface area is 197 Å². The van der Waals surface area contributed by atoms with Crippen molar-refractivity contribution in [2.45, 2.75) is 44.8 Å². The van der Waals surface area contributed by atoms with Crippen LogP contribution >= 0.6 is 0 Å². The second-order valence-corrected chi connectivity index (χ2v) is 9.35. The van der Waals surface area contributed by atoms with Gasteiger partial charge >= 0.3 is 0 Å². The molecule has 2 N–H and O–H groups in total. The fraction of sp³-hybridized carbons (Fsp3) is 0.444. The van der Waals surface area contributed by atoms with Crippen molar-refractivity contribution >= 4 is 5.69 Å². The van der Waals surface area contributed by atoms with Gasteiger partial charge in [-0.2, -0.15) is 5.10 Å². The third-order valence-electron chi connectivity index (χ3n) is 6.85. The average Bonchev–Trinajstić information content (AvgIpc) is 3.56. The summed E-state index contributed by atoms with van der Waals surface area (Å²) in [5.74, 6) is 0.840. The molecule has 0 amide bonds. The summed E-state index contributed by atoms with van der Waals surface area (Å²) in [5, 5.41) is 11.9. The molecule has 6 heteroatoms. The van der Waals surface area contributed by atoms with Crippen LogP contribution in [0.25, 0.3) is 11.3 Å². The second kappa shape index (κ2) is 9.87. The van der Waals surface area contributed by atoms with Gasteiger partial charge in [0, 0.05) is 67.1 Å². The third kappa shape index (κ3) is 5.17. The molecule has 0 spiro atoms. The van der Waals surface area contributed by atoms with E-state index in [0.29, 0.717) is 0 Å². The summed E-state index contributed by atoms with van der Waals surface area (Å²) in [6.07, 6.45) is 10.8. The molecule has 5 rings (SSSR count). The van der Waals surface area contributed by atoms with Crippen molar-refractivity contribution in [1.82, 2.24) is 20.0 Å². The van der Waals surface area contributed by atoms with Crippen molar-refractivity contribution in [2.75, 3.05) is 31.6 Å². The van der Waals surface area contributed by atoms with Gasteiger partial charge in [-0.15, -0.1) is 0 Å². The number of anilines is 1. The Hall–Kier alpha value is -2.99. The lowest BCUT2D eigenvalue weighted by atomic mass is 10.0. The van der Waals surface area contributed by atoms with Crippen LogP contribution in [0.2, 0.25) is 0 Å². The van der Waals surface area contributed by atoms with Crippen molar-refractivity contribution in [3.63, 3.8) is 0 Å². The predicted molar refractivity (Wildman–Crippen MR) is 133 cm³/mol. The van der Waals surface area contributed by atoms with Crippen LogP contribution in [0.3, 0.4) is 0 Å². The zero-order chi connectivity index (χ0) is 22.6.